The number of hydrogen-bond acceptors (Lipinski definition) is 15. The number of benzene rings is 13. The molecule has 8 atom stereocenters. The van der Waals surface area contributed by atoms with Crippen LogP contribution in [0.5, 0.6) is 23.0 Å². The van der Waals surface area contributed by atoms with Gasteiger partial charge in [-0.2, -0.15) is 0 Å². The summed E-state index contributed by atoms with van der Waals surface area (Å²) in [6.45, 7) is 3.22. The van der Waals surface area contributed by atoms with Gasteiger partial charge in [0.1, 0.15) is 23.0 Å². The first-order chi connectivity index (χ1) is 63.3. The molecule has 5 aliphatic rings. The predicted octanol–water partition coefficient (Wildman–Crippen LogP) is 19.8. The molecule has 20 nitrogen and oxygen atoms in total. The van der Waals surface area contributed by atoms with Crippen LogP contribution in [-0.2, 0) is 52.6 Å². The topological polar surface area (TPSA) is 313 Å². The Morgan fingerprint density at radius 3 is 1.03 bits per heavy atom. The zero-order valence-electron chi connectivity index (χ0n) is 70.9. The van der Waals surface area contributed by atoms with Crippen LogP contribution in [-0.4, -0.2) is 99.0 Å². The predicted molar refractivity (Wildman–Crippen MR) is 490 cm³/mol. The summed E-state index contributed by atoms with van der Waals surface area (Å²) < 4.78 is 28.7. The second-order valence-electron chi connectivity index (χ2n) is 33.1. The van der Waals surface area contributed by atoms with Crippen LogP contribution in [0.4, 0.5) is 5.69 Å². The van der Waals surface area contributed by atoms with E-state index < -0.39 is 125 Å². The maximum Gasteiger partial charge on any atom is 0.315 e. The number of para-hydroxylation sites is 2. The minimum Gasteiger partial charge on any atom is -0.507 e. The van der Waals surface area contributed by atoms with Crippen molar-refractivity contribution in [2.45, 2.75) is 67.1 Å². The number of anilines is 1. The number of hydrogen-bond donors (Lipinski definition) is 6. The molecule has 5 fully saturated rings. The van der Waals surface area contributed by atoms with Gasteiger partial charge < -0.3 is 54.5 Å². The number of aliphatic carboxylic acids is 4. The number of carboxylic acid groups (broad SMARTS) is 4. The fraction of sp³-hybridized carbons (Fsp3) is 0.209. The summed E-state index contributed by atoms with van der Waals surface area (Å²) in [6.07, 6.45) is 7.22. The lowest BCUT2D eigenvalue weighted by Gasteiger charge is -2.49. The maximum absolute atomic E-state index is 13.7. The smallest absolute Gasteiger partial charge is 0.315 e. The number of terminal acetylenes is 1. The number of carbonyl (C=O) groups excluding carboxylic acids is 5. The number of esters is 4. The third kappa shape index (κ3) is 19.8. The van der Waals surface area contributed by atoms with Crippen molar-refractivity contribution < 1.29 is 92.4 Å². The molecule has 6 N–H and O–H groups in total. The van der Waals surface area contributed by atoms with Gasteiger partial charge in [-0.3, -0.25) is 43.2 Å². The molecule has 0 bridgehead atoms. The van der Waals surface area contributed by atoms with Crippen LogP contribution in [0.25, 0.3) is 21.9 Å². The number of ether oxygens (including phenoxy) is 5. The quantitative estimate of drug-likeness (QED) is 0.0197. The van der Waals surface area contributed by atoms with E-state index in [-0.39, 0.29) is 29.5 Å². The van der Waals surface area contributed by atoms with Crippen LogP contribution in [0.2, 0.25) is 0 Å². The van der Waals surface area contributed by atoms with Crippen molar-refractivity contribution in [1.29, 1.82) is 0 Å². The van der Waals surface area contributed by atoms with Crippen LogP contribution in [0.15, 0.2) is 352 Å². The molecule has 654 valence electrons. The molecule has 0 unspecified atom stereocenters. The molecule has 1 amide bonds. The molecule has 130 heavy (non-hydrogen) atoms. The summed E-state index contributed by atoms with van der Waals surface area (Å²) in [7, 11) is 0. The highest BCUT2D eigenvalue weighted by atomic mass is 16.6. The van der Waals surface area contributed by atoms with Gasteiger partial charge in [0.05, 0.1) is 54.0 Å². The molecular formula is C110H95NO19. The Morgan fingerprint density at radius 2 is 0.669 bits per heavy atom. The van der Waals surface area contributed by atoms with E-state index in [4.69, 9.17) is 30.1 Å². The normalized spacial score (nSPS) is 22.6. The summed E-state index contributed by atoms with van der Waals surface area (Å²) in [6, 6.07) is 106. The molecule has 4 saturated carbocycles. The first-order valence-electron chi connectivity index (χ1n) is 43.2. The van der Waals surface area contributed by atoms with Gasteiger partial charge in [0.2, 0.25) is 5.91 Å². The van der Waals surface area contributed by atoms with Gasteiger partial charge in [0.25, 0.3) is 0 Å². The van der Waals surface area contributed by atoms with Gasteiger partial charge >= 0.3 is 47.8 Å². The number of phenolic OH excluding ortho intramolecular Hbond substituents is 1. The van der Waals surface area contributed by atoms with Gasteiger partial charge in [-0.25, -0.2) is 0 Å². The second kappa shape index (κ2) is 41.4. The number of nitrogens with one attached hydrogen (secondary N) is 1. The van der Waals surface area contributed by atoms with E-state index in [0.29, 0.717) is 65.4 Å². The third-order valence-electron chi connectivity index (χ3n) is 25.6. The molecule has 13 aromatic carbocycles. The average molecular weight is 1730 g/mol. The van der Waals surface area contributed by atoms with Gasteiger partial charge in [-0.05, 0) is 123 Å². The van der Waals surface area contributed by atoms with Gasteiger partial charge in [0, 0.05) is 95.2 Å². The number of aromatic hydroxyl groups is 1. The van der Waals surface area contributed by atoms with Gasteiger partial charge in [-0.1, -0.05) is 303 Å². The minimum absolute atomic E-state index is 0.0786. The van der Waals surface area contributed by atoms with Crippen molar-refractivity contribution in [2.24, 2.45) is 53.3 Å². The first-order valence-corrected chi connectivity index (χ1v) is 43.2. The average Bonchev–Trinajstić information content (AvgIpc) is 0.725. The molecule has 1 aliphatic heterocycles. The Balaban J connectivity index is 0.000000133. The van der Waals surface area contributed by atoms with Crippen LogP contribution in [0, 0.1) is 65.6 Å². The monoisotopic (exact) mass is 1730 g/mol. The van der Waals surface area contributed by atoms with Crippen molar-refractivity contribution in [1.82, 2.24) is 0 Å². The summed E-state index contributed by atoms with van der Waals surface area (Å²) in [5.74, 6) is -10.7. The number of phenols is 1. The Labute approximate surface area is 752 Å². The Hall–Kier alpha value is -15.3. The molecule has 1 saturated heterocycles. The summed E-state index contributed by atoms with van der Waals surface area (Å²) in [5.41, 5.74) is 8.96. The third-order valence-corrected chi connectivity index (χ3v) is 25.6. The molecule has 18 rings (SSSR count). The first kappa shape index (κ1) is 89.5. The molecule has 0 spiro atoms. The molecule has 1 heterocycles. The van der Waals surface area contributed by atoms with Crippen molar-refractivity contribution in [3.8, 4) is 46.5 Å². The summed E-state index contributed by atoms with van der Waals surface area (Å²) >= 11 is 0. The van der Waals surface area contributed by atoms with Crippen LogP contribution in [0.3, 0.4) is 0 Å². The fourth-order valence-corrected chi connectivity index (χ4v) is 19.6. The molecule has 13 aromatic rings. The van der Waals surface area contributed by atoms with E-state index in [9.17, 15) is 68.7 Å². The molecule has 20 heteroatoms. The van der Waals surface area contributed by atoms with E-state index >= 15 is 0 Å². The minimum atomic E-state index is -0.939. The van der Waals surface area contributed by atoms with E-state index in [1.807, 2.05) is 261 Å². The molecule has 4 aliphatic carbocycles. The molecule has 0 aromatic heterocycles. The van der Waals surface area contributed by atoms with Crippen LogP contribution < -0.4 is 19.5 Å². The SMILES string of the molecule is C#Cc1cccc(OC(=O)C2[C@@H](c3ccccc3)C(C(=O)O)[C@@H]2c2ccccc2)c1.CC(=O)Nc1ccc2c(OC(=O)C3[C@@H](c4ccccc4)C(C(=O)O)[C@@H]3c3ccccc3)cccc2c1.O=C(O)C1[C@H](c2ccccc2)C(C(=O)OCC2CCOCC2)[C@H]1c1ccccc1.O=C(O)C1[C@H](c2ccccc2)C(C(=O)Oc2ccccc2-c2ccccc2O)[C@H]1c1ccccc1. The highest BCUT2D eigenvalue weighted by molar-refractivity contribution is 5.97. The van der Waals surface area contributed by atoms with Crippen molar-refractivity contribution >= 4 is 70.1 Å². The van der Waals surface area contributed by atoms with Crippen molar-refractivity contribution in [3.05, 3.63) is 402 Å². The second-order valence-corrected chi connectivity index (χ2v) is 33.1. The van der Waals surface area contributed by atoms with Gasteiger partial charge in [-0.15, -0.1) is 6.42 Å². The maximum atomic E-state index is 13.7. The number of rotatable bonds is 23. The van der Waals surface area contributed by atoms with E-state index in [1.165, 1.54) is 6.92 Å². The lowest BCUT2D eigenvalue weighted by Crippen LogP contribution is -2.52. The van der Waals surface area contributed by atoms with Crippen LogP contribution >= 0.6 is 0 Å². The number of amides is 1. The Morgan fingerprint density at radius 1 is 0.346 bits per heavy atom. The van der Waals surface area contributed by atoms with E-state index in [0.717, 1.165) is 68.1 Å². The standard InChI is InChI=1S/C30H25NO5.C30H24O5.C26H20O4.C24H26O5/c1-18(32)31-22-15-16-23-21(17-22)13-8-14-24(23)36-30(35)28-25(19-9-4-2-5-10-19)27(29(33)34)26(28)20-11-6-3-7-12-20;31-23-17-9-7-15-21(23)22-16-8-10-18-24(22)35-30(34)28-25(19-11-3-1-4-12-19)27(29(32)33)26(28)20-13-5-2-6-14-20;1-2-17-10-9-15-20(16-17)30-26(29)24-21(18-11-5-3-6-12-18)23(25(27)28)22(24)19-13-7-4-8-14-19;25-23(26)21-19(17-7-3-1-4-8-17)22(20(21)18-9-5-2-6-10-18)24(27)29-15-16-11-13-28-14-12-16/h2-17,25-28H,1H3,(H,31,32)(H,33,34);1-18,25-28,31H,(H,32,33);1,3-16,21-24H,(H,27,28);1-10,16,19-22H,11-15H2,(H,25,26)/t2*25-,26-,27?,28?;21-,22-,23?,24?;19-,20-,21?,22?/m0000/s1. The number of carbonyl (C=O) groups is 9. The molecule has 0 radical (unpaired) electrons. The molecular weight excluding hydrogens is 1640 g/mol. The lowest BCUT2D eigenvalue weighted by molar-refractivity contribution is -0.166. The Kier molecular flexibility index (Phi) is 28.5. The number of carboxylic acids is 4. The van der Waals surface area contributed by atoms with Crippen molar-refractivity contribution in [2.75, 3.05) is 25.1 Å². The lowest BCUT2D eigenvalue weighted by atomic mass is 9.52. The van der Waals surface area contributed by atoms with Crippen molar-refractivity contribution in [3.63, 3.8) is 0 Å². The van der Waals surface area contributed by atoms with E-state index in [1.54, 1.807) is 91.0 Å². The summed E-state index contributed by atoms with van der Waals surface area (Å²) in [5, 5.41) is 54.9. The largest absolute Gasteiger partial charge is 0.507 e. The van der Waals surface area contributed by atoms with Gasteiger partial charge in [0.15, 0.2) is 0 Å². The highest BCUT2D eigenvalue weighted by Crippen LogP contribution is 2.62. The van der Waals surface area contributed by atoms with E-state index in [2.05, 4.69) is 11.2 Å². The fourth-order valence-electron chi connectivity index (χ4n) is 19.6. The zero-order valence-corrected chi connectivity index (χ0v) is 70.9. The zero-order chi connectivity index (χ0) is 90.9. The highest BCUT2D eigenvalue weighted by Gasteiger charge is 2.63. The number of fused-ring (bicyclic) bond motifs is 1. The Bertz CT molecular complexity index is 6020. The van der Waals surface area contributed by atoms with Crippen LogP contribution in [0.1, 0.15) is 117 Å². The summed E-state index contributed by atoms with van der Waals surface area (Å²) in [4.78, 5) is 114.